The molecule has 10 heteroatoms. The summed E-state index contributed by atoms with van der Waals surface area (Å²) >= 11 is 7.61. The van der Waals surface area contributed by atoms with Gasteiger partial charge in [0.2, 0.25) is 0 Å². The van der Waals surface area contributed by atoms with E-state index in [1.165, 1.54) is 30.4 Å². The maximum atomic E-state index is 14.5. The maximum absolute atomic E-state index is 14.5. The van der Waals surface area contributed by atoms with Crippen LogP contribution < -0.4 is 15.8 Å². The van der Waals surface area contributed by atoms with E-state index in [9.17, 15) is 9.50 Å². The van der Waals surface area contributed by atoms with Crippen LogP contribution in [0.5, 0.6) is 5.75 Å². The molecular formula is C20H23ClFN5O2S. The van der Waals surface area contributed by atoms with Crippen molar-refractivity contribution in [1.29, 1.82) is 0 Å². The molecule has 160 valence electrons. The molecule has 0 aliphatic rings. The number of nitrogens with zero attached hydrogens (tertiary/aromatic N) is 3. The Hall–Kier alpha value is -2.33. The third kappa shape index (κ3) is 5.42. The number of nitrogens with two attached hydrogens (primary N) is 1. The van der Waals surface area contributed by atoms with Gasteiger partial charge in [0.05, 0.1) is 17.2 Å². The topological polar surface area (TPSA) is 106 Å². The lowest BCUT2D eigenvalue weighted by Gasteiger charge is -2.16. The molecule has 0 aliphatic heterocycles. The molecule has 0 saturated carbocycles. The van der Waals surface area contributed by atoms with Gasteiger partial charge in [-0.2, -0.15) is 0 Å². The maximum Gasteiger partial charge on any atom is 0.165 e. The largest absolute Gasteiger partial charge is 0.489 e. The van der Waals surface area contributed by atoms with E-state index in [-0.39, 0.29) is 23.4 Å². The molecule has 2 unspecified atom stereocenters. The second kappa shape index (κ2) is 9.65. The van der Waals surface area contributed by atoms with Crippen molar-refractivity contribution in [2.24, 2.45) is 5.73 Å². The molecule has 1 aromatic carbocycles. The van der Waals surface area contributed by atoms with Crippen LogP contribution in [0.15, 0.2) is 30.5 Å². The molecule has 0 amide bonds. The van der Waals surface area contributed by atoms with E-state index in [1.54, 1.807) is 6.20 Å². The number of hydrogen-bond acceptors (Lipinski definition) is 8. The van der Waals surface area contributed by atoms with Crippen molar-refractivity contribution in [1.82, 2.24) is 15.2 Å². The number of ether oxygens (including phenoxy) is 1. The summed E-state index contributed by atoms with van der Waals surface area (Å²) in [5.74, 6) is 0.131. The first-order valence-corrected chi connectivity index (χ1v) is 10.6. The number of rotatable bonds is 8. The Bertz CT molecular complexity index is 997. The SMILES string of the molecule is CC(C)Nc1ccc(-c2nnc(-c3cc(F)c(OCC(N)C(C)O)cc3Cl)s2)cn1. The number of pyridine rings is 1. The number of aromatic nitrogens is 3. The predicted octanol–water partition coefficient (Wildman–Crippen LogP) is 3.97. The van der Waals surface area contributed by atoms with Gasteiger partial charge >= 0.3 is 0 Å². The van der Waals surface area contributed by atoms with Gasteiger partial charge in [-0.25, -0.2) is 9.37 Å². The van der Waals surface area contributed by atoms with Crippen LogP contribution in [-0.4, -0.2) is 45.1 Å². The summed E-state index contributed by atoms with van der Waals surface area (Å²) in [5.41, 5.74) is 6.92. The first kappa shape index (κ1) is 22.4. The quantitative estimate of drug-likeness (QED) is 0.475. The molecule has 30 heavy (non-hydrogen) atoms. The minimum absolute atomic E-state index is 0.0398. The van der Waals surface area contributed by atoms with Crippen molar-refractivity contribution in [3.05, 3.63) is 41.3 Å². The molecule has 0 bridgehead atoms. The lowest BCUT2D eigenvalue weighted by molar-refractivity contribution is 0.129. The summed E-state index contributed by atoms with van der Waals surface area (Å²) in [6, 6.07) is 6.03. The molecule has 7 nitrogen and oxygen atoms in total. The van der Waals surface area contributed by atoms with Gasteiger partial charge in [-0.15, -0.1) is 10.2 Å². The van der Waals surface area contributed by atoms with Crippen molar-refractivity contribution in [2.75, 3.05) is 11.9 Å². The Morgan fingerprint density at radius 3 is 2.60 bits per heavy atom. The summed E-state index contributed by atoms with van der Waals surface area (Å²) in [4.78, 5) is 4.36. The first-order valence-electron chi connectivity index (χ1n) is 9.37. The van der Waals surface area contributed by atoms with E-state index >= 15 is 0 Å². The molecule has 2 aromatic heterocycles. The average Bonchev–Trinajstić information content (AvgIpc) is 3.18. The third-order valence-electron chi connectivity index (χ3n) is 4.17. The van der Waals surface area contributed by atoms with Crippen LogP contribution in [0.1, 0.15) is 20.8 Å². The smallest absolute Gasteiger partial charge is 0.165 e. The third-order valence-corrected chi connectivity index (χ3v) is 5.49. The highest BCUT2D eigenvalue weighted by Gasteiger charge is 2.17. The minimum Gasteiger partial charge on any atom is -0.489 e. The van der Waals surface area contributed by atoms with Gasteiger partial charge < -0.3 is 20.9 Å². The van der Waals surface area contributed by atoms with Crippen molar-refractivity contribution in [3.63, 3.8) is 0 Å². The fraction of sp³-hybridized carbons (Fsp3) is 0.350. The number of benzene rings is 1. The van der Waals surface area contributed by atoms with E-state index in [2.05, 4.69) is 20.5 Å². The van der Waals surface area contributed by atoms with Crippen LogP contribution in [0.3, 0.4) is 0 Å². The highest BCUT2D eigenvalue weighted by molar-refractivity contribution is 7.18. The molecule has 2 atom stereocenters. The van der Waals surface area contributed by atoms with Crippen LogP contribution in [0, 0.1) is 5.82 Å². The van der Waals surface area contributed by atoms with E-state index in [0.717, 1.165) is 11.4 Å². The zero-order valence-corrected chi connectivity index (χ0v) is 18.3. The molecule has 0 radical (unpaired) electrons. The number of aliphatic hydroxyl groups is 1. The lowest BCUT2D eigenvalue weighted by atomic mass is 10.2. The second-order valence-electron chi connectivity index (χ2n) is 7.12. The Labute approximate surface area is 183 Å². The summed E-state index contributed by atoms with van der Waals surface area (Å²) in [5, 5.41) is 22.4. The summed E-state index contributed by atoms with van der Waals surface area (Å²) in [6.07, 6.45) is 0.937. The number of halogens is 2. The Kier molecular flexibility index (Phi) is 7.19. The van der Waals surface area contributed by atoms with Crippen LogP contribution in [0.4, 0.5) is 10.2 Å². The Balaban J connectivity index is 1.78. The lowest BCUT2D eigenvalue weighted by Crippen LogP contribution is -2.38. The fourth-order valence-electron chi connectivity index (χ4n) is 2.48. The highest BCUT2D eigenvalue weighted by atomic mass is 35.5. The average molecular weight is 452 g/mol. The fourth-order valence-corrected chi connectivity index (χ4v) is 3.64. The van der Waals surface area contributed by atoms with Crippen LogP contribution in [0.25, 0.3) is 21.1 Å². The van der Waals surface area contributed by atoms with Gasteiger partial charge in [-0.3, -0.25) is 0 Å². The van der Waals surface area contributed by atoms with Crippen molar-refractivity contribution < 1.29 is 14.2 Å². The highest BCUT2D eigenvalue weighted by Crippen LogP contribution is 2.37. The number of anilines is 1. The molecule has 0 aliphatic carbocycles. The summed E-state index contributed by atoms with van der Waals surface area (Å²) < 4.78 is 19.9. The molecule has 0 fully saturated rings. The van der Waals surface area contributed by atoms with Crippen LogP contribution in [0.2, 0.25) is 5.02 Å². The van der Waals surface area contributed by atoms with Crippen LogP contribution in [-0.2, 0) is 0 Å². The Morgan fingerprint density at radius 1 is 1.23 bits per heavy atom. The first-order chi connectivity index (χ1) is 14.2. The van der Waals surface area contributed by atoms with Gasteiger partial charge in [-0.1, -0.05) is 22.9 Å². The van der Waals surface area contributed by atoms with Gasteiger partial charge in [0.15, 0.2) is 11.6 Å². The molecule has 3 rings (SSSR count). The molecular weight excluding hydrogens is 429 g/mol. The zero-order chi connectivity index (χ0) is 21.8. The second-order valence-corrected chi connectivity index (χ2v) is 8.51. The van der Waals surface area contributed by atoms with E-state index in [1.807, 2.05) is 26.0 Å². The normalized spacial score (nSPS) is 13.3. The monoisotopic (exact) mass is 451 g/mol. The number of nitrogens with one attached hydrogen (secondary N) is 1. The number of aliphatic hydroxyl groups excluding tert-OH is 1. The van der Waals surface area contributed by atoms with Crippen LogP contribution >= 0.6 is 22.9 Å². The zero-order valence-electron chi connectivity index (χ0n) is 16.8. The molecule has 3 aromatic rings. The summed E-state index contributed by atoms with van der Waals surface area (Å²) in [7, 11) is 0. The van der Waals surface area contributed by atoms with E-state index in [4.69, 9.17) is 22.1 Å². The molecule has 4 N–H and O–H groups in total. The van der Waals surface area contributed by atoms with E-state index < -0.39 is 18.0 Å². The molecule has 0 spiro atoms. The number of hydrogen-bond donors (Lipinski definition) is 3. The standard InChI is InChI=1S/C20H23ClFN5O2S/c1-10(2)25-18-5-4-12(8-24-18)19-26-27-20(30-19)13-6-15(22)17(7-14(13)21)29-9-16(23)11(3)28/h4-8,10-11,16,28H,9,23H2,1-3H3,(H,24,25). The van der Waals surface area contributed by atoms with E-state index in [0.29, 0.717) is 15.6 Å². The van der Waals surface area contributed by atoms with Crippen molar-refractivity contribution in [2.45, 2.75) is 39.0 Å². The van der Waals surface area contributed by atoms with Gasteiger partial charge in [0.25, 0.3) is 0 Å². The van der Waals surface area contributed by atoms with Gasteiger partial charge in [0, 0.05) is 29.4 Å². The summed E-state index contributed by atoms with van der Waals surface area (Å²) in [6.45, 7) is 5.57. The van der Waals surface area contributed by atoms with Crippen molar-refractivity contribution in [3.8, 4) is 26.9 Å². The molecule has 0 saturated heterocycles. The van der Waals surface area contributed by atoms with Crippen molar-refractivity contribution >= 4 is 28.8 Å². The van der Waals surface area contributed by atoms with Gasteiger partial charge in [-0.05, 0) is 39.0 Å². The minimum atomic E-state index is -0.771. The van der Waals surface area contributed by atoms with Gasteiger partial charge in [0.1, 0.15) is 22.4 Å². The Morgan fingerprint density at radius 2 is 1.97 bits per heavy atom. The molecule has 2 heterocycles. The predicted molar refractivity (Wildman–Crippen MR) is 117 cm³/mol.